The van der Waals surface area contributed by atoms with Crippen molar-refractivity contribution in [3.05, 3.63) is 70.3 Å². The van der Waals surface area contributed by atoms with E-state index in [4.69, 9.17) is 9.15 Å². The van der Waals surface area contributed by atoms with E-state index in [9.17, 15) is 4.79 Å². The van der Waals surface area contributed by atoms with Crippen LogP contribution in [-0.2, 0) is 22.0 Å². The number of carbonyl (C=O) groups excluding carboxylic acids is 1. The van der Waals surface area contributed by atoms with E-state index in [2.05, 4.69) is 72.7 Å². The van der Waals surface area contributed by atoms with E-state index >= 15 is 0 Å². The lowest BCUT2D eigenvalue weighted by atomic mass is 9.62. The number of benzene rings is 1. The van der Waals surface area contributed by atoms with Crippen LogP contribution < -0.4 is 16.0 Å². The number of carbonyl (C=O) groups is 1. The highest BCUT2D eigenvalue weighted by Gasteiger charge is 2.37. The number of amides is 1. The first-order valence-corrected chi connectivity index (χ1v) is 17.0. The second kappa shape index (κ2) is 13.1. The molecule has 242 valence electrons. The first-order chi connectivity index (χ1) is 21.6. The predicted octanol–water partition coefficient (Wildman–Crippen LogP) is 7.31. The van der Waals surface area contributed by atoms with Gasteiger partial charge in [-0.1, -0.05) is 46.2 Å². The number of nitrogens with zero attached hydrogens (tertiary/aromatic N) is 2. The maximum absolute atomic E-state index is 13.2. The lowest BCUT2D eigenvalue weighted by Crippen LogP contribution is -2.39. The van der Waals surface area contributed by atoms with Gasteiger partial charge in [0.15, 0.2) is 5.76 Å². The Morgan fingerprint density at radius 1 is 0.956 bits per heavy atom. The third-order valence-electron chi connectivity index (χ3n) is 10.4. The second-order valence-corrected chi connectivity index (χ2v) is 14.9. The van der Waals surface area contributed by atoms with Crippen LogP contribution in [0.25, 0.3) is 0 Å². The van der Waals surface area contributed by atoms with Gasteiger partial charge in [0.1, 0.15) is 11.6 Å². The van der Waals surface area contributed by atoms with Gasteiger partial charge in [-0.3, -0.25) is 4.79 Å². The molecule has 3 heterocycles. The summed E-state index contributed by atoms with van der Waals surface area (Å²) in [6, 6.07) is 10.6. The third kappa shape index (κ3) is 7.54. The molecular formula is C37H51N5O3. The molecule has 2 aliphatic carbocycles. The van der Waals surface area contributed by atoms with Gasteiger partial charge in [0, 0.05) is 38.4 Å². The van der Waals surface area contributed by atoms with Crippen molar-refractivity contribution < 1.29 is 13.9 Å². The third-order valence-corrected chi connectivity index (χ3v) is 10.4. The van der Waals surface area contributed by atoms with Crippen LogP contribution in [0.3, 0.4) is 0 Å². The maximum Gasteiger partial charge on any atom is 0.287 e. The van der Waals surface area contributed by atoms with E-state index in [0.29, 0.717) is 24.0 Å². The molecule has 6 rings (SSSR count). The fourth-order valence-corrected chi connectivity index (χ4v) is 7.41. The Morgan fingerprint density at radius 3 is 2.53 bits per heavy atom. The number of ether oxygens (including phenoxy) is 1. The summed E-state index contributed by atoms with van der Waals surface area (Å²) in [5, 5.41) is 10.0. The monoisotopic (exact) mass is 613 g/mol. The number of hydrogen-bond acceptors (Lipinski definition) is 7. The number of rotatable bonds is 10. The first kappa shape index (κ1) is 31.6. The van der Waals surface area contributed by atoms with E-state index in [-0.39, 0.29) is 28.9 Å². The highest BCUT2D eigenvalue weighted by Crippen LogP contribution is 2.46. The minimum absolute atomic E-state index is 0.125. The van der Waals surface area contributed by atoms with Crippen molar-refractivity contribution in [3.8, 4) is 0 Å². The Morgan fingerprint density at radius 2 is 1.76 bits per heavy atom. The molecule has 45 heavy (non-hydrogen) atoms. The van der Waals surface area contributed by atoms with Crippen LogP contribution in [0, 0.1) is 12.8 Å². The minimum Gasteiger partial charge on any atom is -0.456 e. The van der Waals surface area contributed by atoms with Crippen LogP contribution in [0.15, 0.2) is 40.9 Å². The fourth-order valence-electron chi connectivity index (χ4n) is 7.41. The number of fused-ring (bicyclic) bond motifs is 1. The van der Waals surface area contributed by atoms with Crippen LogP contribution in [-0.4, -0.2) is 47.7 Å². The molecule has 1 aliphatic heterocycles. The average Bonchev–Trinajstić information content (AvgIpc) is 3.72. The summed E-state index contributed by atoms with van der Waals surface area (Å²) in [6.45, 7) is 14.0. The molecule has 8 nitrogen and oxygen atoms in total. The normalized spacial score (nSPS) is 23.7. The van der Waals surface area contributed by atoms with Crippen molar-refractivity contribution in [1.82, 2.24) is 15.3 Å². The molecule has 2 fully saturated rings. The zero-order chi connectivity index (χ0) is 31.6. The zero-order valence-corrected chi connectivity index (χ0v) is 27.8. The largest absolute Gasteiger partial charge is 0.456 e. The molecular weight excluding hydrogens is 562 g/mol. The molecule has 3 atom stereocenters. The van der Waals surface area contributed by atoms with Crippen molar-refractivity contribution in [2.45, 2.75) is 115 Å². The second-order valence-electron chi connectivity index (χ2n) is 14.9. The van der Waals surface area contributed by atoms with E-state index in [1.807, 2.05) is 18.2 Å². The van der Waals surface area contributed by atoms with Crippen LogP contribution >= 0.6 is 0 Å². The summed E-state index contributed by atoms with van der Waals surface area (Å²) in [7, 11) is 0. The highest BCUT2D eigenvalue weighted by molar-refractivity contribution is 5.91. The van der Waals surface area contributed by atoms with Crippen LogP contribution in [0.2, 0.25) is 0 Å². The Kier molecular flexibility index (Phi) is 9.23. The average molecular weight is 614 g/mol. The summed E-state index contributed by atoms with van der Waals surface area (Å²) < 4.78 is 11.8. The van der Waals surface area contributed by atoms with Gasteiger partial charge in [-0.2, -0.15) is 4.98 Å². The standard InChI is InChI=1S/C37H51N5O3/c1-24-18-30-31(37(4,5)15-14-36(30,2)3)21-26(24)20-28-11-12-32(45-28)34(43)41-27-9-6-8-25(19-27)22-40-35-38-16-13-33(42-35)39-23-29-10-7-17-44-29/h11-13,16,18,21,25,27,29H,6-10,14-15,17,19-20,22-23H2,1-5H3,(H,41,43)(H2,38,39,40,42). The first-order valence-electron chi connectivity index (χ1n) is 17.0. The van der Waals surface area contributed by atoms with E-state index in [1.165, 1.54) is 35.1 Å². The maximum atomic E-state index is 13.2. The van der Waals surface area contributed by atoms with Gasteiger partial charge < -0.3 is 25.1 Å². The Labute approximate surface area is 268 Å². The number of aromatic nitrogens is 2. The Bertz CT molecular complexity index is 1490. The SMILES string of the molecule is Cc1cc2c(cc1Cc1ccc(C(=O)NC3CCCC(CNc4nccc(NCC5CCCO5)n4)C3)o1)C(C)(C)CCC2(C)C. The van der Waals surface area contributed by atoms with Gasteiger partial charge in [0.25, 0.3) is 5.91 Å². The summed E-state index contributed by atoms with van der Waals surface area (Å²) >= 11 is 0. The Balaban J connectivity index is 1.01. The van der Waals surface area contributed by atoms with Crippen LogP contribution in [0.4, 0.5) is 11.8 Å². The minimum atomic E-state index is -0.127. The smallest absolute Gasteiger partial charge is 0.287 e. The molecule has 2 aromatic heterocycles. The van der Waals surface area contributed by atoms with Gasteiger partial charge in [-0.05, 0) is 109 Å². The molecule has 0 radical (unpaired) electrons. The summed E-state index contributed by atoms with van der Waals surface area (Å²) in [5.41, 5.74) is 5.85. The summed E-state index contributed by atoms with van der Waals surface area (Å²) in [5.74, 6) is 2.97. The van der Waals surface area contributed by atoms with Gasteiger partial charge in [0.2, 0.25) is 5.95 Å². The molecule has 3 aromatic rings. The number of hydrogen-bond donors (Lipinski definition) is 3. The van der Waals surface area contributed by atoms with Gasteiger partial charge in [0.05, 0.1) is 6.10 Å². The van der Waals surface area contributed by atoms with Crippen molar-refractivity contribution in [2.75, 3.05) is 30.3 Å². The fraction of sp³-hybridized carbons (Fsp3) is 0.595. The molecule has 3 unspecified atom stereocenters. The molecule has 3 aliphatic rings. The molecule has 1 amide bonds. The zero-order valence-electron chi connectivity index (χ0n) is 27.8. The van der Waals surface area contributed by atoms with Crippen molar-refractivity contribution in [3.63, 3.8) is 0 Å². The number of nitrogens with one attached hydrogen (secondary N) is 3. The van der Waals surface area contributed by atoms with Crippen molar-refractivity contribution in [2.24, 2.45) is 5.92 Å². The molecule has 1 aromatic carbocycles. The van der Waals surface area contributed by atoms with E-state index in [0.717, 1.165) is 69.8 Å². The lowest BCUT2D eigenvalue weighted by Gasteiger charge is -2.42. The Hall–Kier alpha value is -3.39. The van der Waals surface area contributed by atoms with Gasteiger partial charge in [-0.25, -0.2) is 4.98 Å². The highest BCUT2D eigenvalue weighted by atomic mass is 16.5. The van der Waals surface area contributed by atoms with Gasteiger partial charge >= 0.3 is 0 Å². The quantitative estimate of drug-likeness (QED) is 0.220. The summed E-state index contributed by atoms with van der Waals surface area (Å²) in [4.78, 5) is 22.3. The van der Waals surface area contributed by atoms with Crippen LogP contribution in [0.1, 0.15) is 118 Å². The molecule has 0 bridgehead atoms. The number of aryl methyl sites for hydroxylation is 1. The number of furan rings is 1. The molecule has 8 heteroatoms. The lowest BCUT2D eigenvalue weighted by molar-refractivity contribution is 0.0891. The van der Waals surface area contributed by atoms with E-state index < -0.39 is 0 Å². The van der Waals surface area contributed by atoms with Crippen molar-refractivity contribution in [1.29, 1.82) is 0 Å². The molecule has 3 N–H and O–H groups in total. The van der Waals surface area contributed by atoms with Crippen LogP contribution in [0.5, 0.6) is 0 Å². The molecule has 1 saturated heterocycles. The molecule has 1 saturated carbocycles. The van der Waals surface area contributed by atoms with Crippen molar-refractivity contribution >= 4 is 17.7 Å². The number of anilines is 2. The van der Waals surface area contributed by atoms with E-state index in [1.54, 1.807) is 6.20 Å². The molecule has 0 spiro atoms. The summed E-state index contributed by atoms with van der Waals surface area (Å²) in [6.07, 6.45) is 11.4. The van der Waals surface area contributed by atoms with Gasteiger partial charge in [-0.15, -0.1) is 0 Å². The predicted molar refractivity (Wildman–Crippen MR) is 179 cm³/mol. The topological polar surface area (TPSA) is 101 Å².